The van der Waals surface area contributed by atoms with Gasteiger partial charge in [0.15, 0.2) is 0 Å². The highest BCUT2D eigenvalue weighted by atomic mass is 16.6. The second-order valence-electron chi connectivity index (χ2n) is 4.01. The number of carbonyl (C=O) groups excluding carboxylic acids is 1. The van der Waals surface area contributed by atoms with Crippen LogP contribution in [0, 0.1) is 0 Å². The molecule has 2 N–H and O–H groups in total. The summed E-state index contributed by atoms with van der Waals surface area (Å²) in [4.78, 5) is 11.5. The average molecular weight is 257 g/mol. The number of amides is 1. The zero-order valence-electron chi connectivity index (χ0n) is 10.3. The molecular formula is C15H15NO3. The lowest BCUT2D eigenvalue weighted by atomic mass is 10.1. The zero-order valence-corrected chi connectivity index (χ0v) is 10.3. The van der Waals surface area contributed by atoms with Gasteiger partial charge in [-0.25, -0.2) is 4.79 Å². The molecule has 0 aliphatic heterocycles. The number of para-hydroxylation sites is 1. The molecule has 98 valence electrons. The molecule has 0 saturated carbocycles. The Labute approximate surface area is 111 Å². The molecule has 1 amide bonds. The van der Waals surface area contributed by atoms with Gasteiger partial charge in [0, 0.05) is 0 Å². The van der Waals surface area contributed by atoms with Crippen molar-refractivity contribution in [3.8, 4) is 5.75 Å². The molecular weight excluding hydrogens is 242 g/mol. The first-order chi connectivity index (χ1) is 9.25. The number of aliphatic hydroxyl groups excluding tert-OH is 1. The standard InChI is InChI=1S/C15H15NO3/c17-14(12-7-3-1-4-8-12)11-16-15(18)19-13-9-5-2-6-10-13/h1-10,14,17H,11H2,(H,16,18)/t14-/m1/s1. The van der Waals surface area contributed by atoms with Crippen molar-refractivity contribution in [1.82, 2.24) is 5.32 Å². The minimum absolute atomic E-state index is 0.107. The Morgan fingerprint density at radius 2 is 1.63 bits per heavy atom. The number of rotatable bonds is 4. The highest BCUT2D eigenvalue weighted by Gasteiger charge is 2.09. The quantitative estimate of drug-likeness (QED) is 0.884. The summed E-state index contributed by atoms with van der Waals surface area (Å²) in [5.74, 6) is 0.467. The van der Waals surface area contributed by atoms with E-state index in [-0.39, 0.29) is 6.54 Å². The predicted octanol–water partition coefficient (Wildman–Crippen LogP) is 2.51. The van der Waals surface area contributed by atoms with E-state index in [9.17, 15) is 9.90 Å². The van der Waals surface area contributed by atoms with E-state index in [0.29, 0.717) is 5.75 Å². The summed E-state index contributed by atoms with van der Waals surface area (Å²) in [5, 5.41) is 12.4. The fourth-order valence-electron chi connectivity index (χ4n) is 1.60. The molecule has 0 aromatic heterocycles. The molecule has 0 heterocycles. The van der Waals surface area contributed by atoms with E-state index in [1.54, 1.807) is 36.4 Å². The van der Waals surface area contributed by atoms with Crippen LogP contribution in [0.25, 0.3) is 0 Å². The number of carbonyl (C=O) groups is 1. The Bertz CT molecular complexity index is 513. The molecule has 4 heteroatoms. The van der Waals surface area contributed by atoms with Crippen molar-refractivity contribution in [1.29, 1.82) is 0 Å². The van der Waals surface area contributed by atoms with Gasteiger partial charge in [-0.05, 0) is 17.7 Å². The summed E-state index contributed by atoms with van der Waals surface area (Å²) in [6, 6.07) is 17.9. The topological polar surface area (TPSA) is 58.6 Å². The number of hydrogen-bond acceptors (Lipinski definition) is 3. The molecule has 4 nitrogen and oxygen atoms in total. The second kappa shape index (κ2) is 6.56. The Hall–Kier alpha value is -2.33. The summed E-state index contributed by atoms with van der Waals surface area (Å²) in [6.07, 6.45) is -1.33. The van der Waals surface area contributed by atoms with Crippen LogP contribution in [-0.2, 0) is 0 Å². The van der Waals surface area contributed by atoms with Gasteiger partial charge in [0.05, 0.1) is 12.6 Å². The normalized spacial score (nSPS) is 11.6. The monoisotopic (exact) mass is 257 g/mol. The SMILES string of the molecule is O=C(NC[C@@H](O)c1ccccc1)Oc1ccccc1. The fourth-order valence-corrected chi connectivity index (χ4v) is 1.60. The average Bonchev–Trinajstić information content (AvgIpc) is 2.47. The van der Waals surface area contributed by atoms with E-state index in [4.69, 9.17) is 4.74 Å². The van der Waals surface area contributed by atoms with Crippen molar-refractivity contribution in [2.75, 3.05) is 6.54 Å². The van der Waals surface area contributed by atoms with Crippen molar-refractivity contribution >= 4 is 6.09 Å². The Balaban J connectivity index is 1.81. The van der Waals surface area contributed by atoms with Crippen LogP contribution in [-0.4, -0.2) is 17.7 Å². The third-order valence-electron chi connectivity index (χ3n) is 2.58. The summed E-state index contributed by atoms with van der Waals surface area (Å²) < 4.78 is 5.04. The van der Waals surface area contributed by atoms with Crippen LogP contribution in [0.5, 0.6) is 5.75 Å². The predicted molar refractivity (Wildman–Crippen MR) is 71.9 cm³/mol. The highest BCUT2D eigenvalue weighted by molar-refractivity contribution is 5.70. The van der Waals surface area contributed by atoms with Gasteiger partial charge in [-0.15, -0.1) is 0 Å². The summed E-state index contributed by atoms with van der Waals surface area (Å²) in [5.41, 5.74) is 0.752. The lowest BCUT2D eigenvalue weighted by Crippen LogP contribution is -2.30. The van der Waals surface area contributed by atoms with E-state index in [0.717, 1.165) is 5.56 Å². The fraction of sp³-hybridized carbons (Fsp3) is 0.133. The molecule has 2 aromatic carbocycles. The van der Waals surface area contributed by atoms with Gasteiger partial charge in [-0.2, -0.15) is 0 Å². The first kappa shape index (κ1) is 13.1. The molecule has 2 aromatic rings. The molecule has 0 aliphatic rings. The van der Waals surface area contributed by atoms with E-state index in [1.807, 2.05) is 24.3 Å². The lowest BCUT2D eigenvalue weighted by molar-refractivity contribution is 0.161. The molecule has 0 spiro atoms. The van der Waals surface area contributed by atoms with Crippen LogP contribution in [0.4, 0.5) is 4.79 Å². The molecule has 19 heavy (non-hydrogen) atoms. The molecule has 0 saturated heterocycles. The van der Waals surface area contributed by atoms with Crippen LogP contribution in [0.15, 0.2) is 60.7 Å². The highest BCUT2D eigenvalue weighted by Crippen LogP contribution is 2.11. The maximum atomic E-state index is 11.5. The van der Waals surface area contributed by atoms with Crippen LogP contribution in [0.1, 0.15) is 11.7 Å². The molecule has 2 rings (SSSR count). The maximum absolute atomic E-state index is 11.5. The van der Waals surface area contributed by atoms with Gasteiger partial charge >= 0.3 is 6.09 Å². The minimum atomic E-state index is -0.746. The zero-order chi connectivity index (χ0) is 13.5. The lowest BCUT2D eigenvalue weighted by Gasteiger charge is -2.12. The first-order valence-electron chi connectivity index (χ1n) is 5.99. The largest absolute Gasteiger partial charge is 0.412 e. The van der Waals surface area contributed by atoms with Gasteiger partial charge in [0.1, 0.15) is 5.75 Å². The van der Waals surface area contributed by atoms with Crippen molar-refractivity contribution in [3.63, 3.8) is 0 Å². The minimum Gasteiger partial charge on any atom is -0.410 e. The van der Waals surface area contributed by atoms with Crippen molar-refractivity contribution in [2.45, 2.75) is 6.10 Å². The van der Waals surface area contributed by atoms with Crippen molar-refractivity contribution < 1.29 is 14.6 Å². The van der Waals surface area contributed by atoms with Crippen LogP contribution >= 0.6 is 0 Å². The number of ether oxygens (including phenoxy) is 1. The van der Waals surface area contributed by atoms with E-state index < -0.39 is 12.2 Å². The van der Waals surface area contributed by atoms with Gasteiger partial charge in [-0.3, -0.25) is 0 Å². The summed E-state index contributed by atoms with van der Waals surface area (Å²) in [6.45, 7) is 0.107. The van der Waals surface area contributed by atoms with Crippen molar-refractivity contribution in [3.05, 3.63) is 66.2 Å². The van der Waals surface area contributed by atoms with Crippen molar-refractivity contribution in [2.24, 2.45) is 0 Å². The van der Waals surface area contributed by atoms with Crippen LogP contribution < -0.4 is 10.1 Å². The Kier molecular flexibility index (Phi) is 4.53. The van der Waals surface area contributed by atoms with Gasteiger partial charge in [-0.1, -0.05) is 48.5 Å². The van der Waals surface area contributed by atoms with Gasteiger partial charge < -0.3 is 15.2 Å². The van der Waals surface area contributed by atoms with Crippen LogP contribution in [0.2, 0.25) is 0 Å². The third-order valence-corrected chi connectivity index (χ3v) is 2.58. The smallest absolute Gasteiger partial charge is 0.410 e. The number of benzene rings is 2. The molecule has 0 aliphatic carbocycles. The van der Waals surface area contributed by atoms with E-state index >= 15 is 0 Å². The van der Waals surface area contributed by atoms with Gasteiger partial charge in [0.25, 0.3) is 0 Å². The summed E-state index contributed by atoms with van der Waals surface area (Å²) >= 11 is 0. The summed E-state index contributed by atoms with van der Waals surface area (Å²) in [7, 11) is 0. The number of hydrogen-bond donors (Lipinski definition) is 2. The Morgan fingerprint density at radius 1 is 1.05 bits per heavy atom. The molecule has 0 bridgehead atoms. The number of aliphatic hydroxyl groups is 1. The molecule has 0 unspecified atom stereocenters. The van der Waals surface area contributed by atoms with Gasteiger partial charge in [0.2, 0.25) is 0 Å². The molecule has 1 atom stereocenters. The number of nitrogens with one attached hydrogen (secondary N) is 1. The first-order valence-corrected chi connectivity index (χ1v) is 5.99. The van der Waals surface area contributed by atoms with E-state index in [1.165, 1.54) is 0 Å². The maximum Gasteiger partial charge on any atom is 0.412 e. The Morgan fingerprint density at radius 3 is 2.26 bits per heavy atom. The van der Waals surface area contributed by atoms with E-state index in [2.05, 4.69) is 5.32 Å². The molecule has 0 fully saturated rings. The second-order valence-corrected chi connectivity index (χ2v) is 4.01. The third kappa shape index (κ3) is 4.12. The van der Waals surface area contributed by atoms with Crippen LogP contribution in [0.3, 0.4) is 0 Å². The molecule has 0 radical (unpaired) electrons.